The summed E-state index contributed by atoms with van der Waals surface area (Å²) >= 11 is 6.07. The molecule has 0 N–H and O–H groups in total. The number of halogens is 1. The van der Waals surface area contributed by atoms with Crippen molar-refractivity contribution < 1.29 is 23.9 Å². The summed E-state index contributed by atoms with van der Waals surface area (Å²) in [6.45, 7) is 0.500. The van der Waals surface area contributed by atoms with Crippen LogP contribution in [0.15, 0.2) is 36.4 Å². The van der Waals surface area contributed by atoms with E-state index in [-0.39, 0.29) is 37.0 Å². The van der Waals surface area contributed by atoms with Gasteiger partial charge in [-0.25, -0.2) is 0 Å². The Bertz CT molecular complexity index is 1050. The molecule has 1 amide bonds. The molecule has 30 heavy (non-hydrogen) atoms. The summed E-state index contributed by atoms with van der Waals surface area (Å²) in [6.07, 6.45) is 2.08. The third-order valence-corrected chi connectivity index (χ3v) is 5.92. The van der Waals surface area contributed by atoms with Gasteiger partial charge in [-0.3, -0.25) is 19.2 Å². The first-order chi connectivity index (χ1) is 14.5. The van der Waals surface area contributed by atoms with Gasteiger partial charge in [0.05, 0.1) is 24.0 Å². The van der Waals surface area contributed by atoms with E-state index in [0.717, 1.165) is 11.1 Å². The standard InChI is InChI=1S/C23H20ClNO5/c24-19-9-14(7-8-15(19)12-26)13-30-22-6-2-4-17-18(22)11-25(23(17)29)20-5-1-3-16(27)10-21(20)28/h2,4,6-9,12,20H,1,3,5,10-11,13H2/t20-/m0/s1. The lowest BCUT2D eigenvalue weighted by Crippen LogP contribution is -2.41. The zero-order chi connectivity index (χ0) is 21.3. The summed E-state index contributed by atoms with van der Waals surface area (Å²) in [4.78, 5) is 49.7. The number of aldehydes is 1. The molecule has 0 saturated heterocycles. The Balaban J connectivity index is 1.53. The molecule has 0 aromatic heterocycles. The largest absolute Gasteiger partial charge is 0.489 e. The molecule has 1 aliphatic carbocycles. The number of carbonyl (C=O) groups excluding carboxylic acids is 4. The van der Waals surface area contributed by atoms with Crippen LogP contribution >= 0.6 is 11.6 Å². The van der Waals surface area contributed by atoms with Gasteiger partial charge < -0.3 is 9.64 Å². The average molecular weight is 426 g/mol. The van der Waals surface area contributed by atoms with Crippen LogP contribution in [0.2, 0.25) is 5.02 Å². The maximum atomic E-state index is 13.0. The van der Waals surface area contributed by atoms with Gasteiger partial charge >= 0.3 is 0 Å². The average Bonchev–Trinajstić information content (AvgIpc) is 2.96. The van der Waals surface area contributed by atoms with E-state index in [4.69, 9.17) is 16.3 Å². The van der Waals surface area contributed by atoms with E-state index in [1.807, 2.05) is 0 Å². The van der Waals surface area contributed by atoms with Crippen LogP contribution < -0.4 is 4.74 Å². The number of hydrogen-bond acceptors (Lipinski definition) is 5. The fourth-order valence-corrected chi connectivity index (χ4v) is 4.26. The summed E-state index contributed by atoms with van der Waals surface area (Å²) in [5.74, 6) is 0.110. The van der Waals surface area contributed by atoms with Crippen LogP contribution in [-0.2, 0) is 22.7 Å². The Morgan fingerprint density at radius 1 is 1.17 bits per heavy atom. The van der Waals surface area contributed by atoms with Crippen LogP contribution in [0.4, 0.5) is 0 Å². The predicted octanol–water partition coefficient (Wildman–Crippen LogP) is 3.77. The Kier molecular flexibility index (Phi) is 5.68. The Morgan fingerprint density at radius 2 is 2.00 bits per heavy atom. The number of benzene rings is 2. The zero-order valence-corrected chi connectivity index (χ0v) is 17.0. The van der Waals surface area contributed by atoms with E-state index >= 15 is 0 Å². The molecule has 0 radical (unpaired) electrons. The van der Waals surface area contributed by atoms with Crippen LogP contribution in [0.3, 0.4) is 0 Å². The van der Waals surface area contributed by atoms with E-state index in [2.05, 4.69) is 0 Å². The van der Waals surface area contributed by atoms with Gasteiger partial charge in [0.1, 0.15) is 18.1 Å². The van der Waals surface area contributed by atoms with Crippen LogP contribution in [0.5, 0.6) is 5.75 Å². The van der Waals surface area contributed by atoms with Gasteiger partial charge in [0, 0.05) is 23.1 Å². The minimum absolute atomic E-state index is 0.0602. The SMILES string of the molecule is O=Cc1ccc(COc2cccc3c2CN([C@H]2CCCC(=O)CC2=O)C3=O)cc1Cl. The molecule has 4 rings (SSSR count). The van der Waals surface area contributed by atoms with Crippen molar-refractivity contribution in [3.63, 3.8) is 0 Å². The number of ketones is 2. The van der Waals surface area contributed by atoms with Gasteiger partial charge in [0.2, 0.25) is 0 Å². The van der Waals surface area contributed by atoms with Crippen molar-refractivity contribution in [2.45, 2.75) is 44.9 Å². The quantitative estimate of drug-likeness (QED) is 0.414. The summed E-state index contributed by atoms with van der Waals surface area (Å²) in [5.41, 5.74) is 2.46. The Hall–Kier alpha value is -2.99. The molecular formula is C23H20ClNO5. The van der Waals surface area contributed by atoms with Gasteiger partial charge in [-0.15, -0.1) is 0 Å². The molecule has 0 spiro atoms. The molecule has 1 atom stereocenters. The number of amides is 1. The van der Waals surface area contributed by atoms with Gasteiger partial charge in [-0.05, 0) is 42.7 Å². The molecule has 0 unspecified atom stereocenters. The lowest BCUT2D eigenvalue weighted by atomic mass is 10.1. The second-order valence-corrected chi connectivity index (χ2v) is 7.97. The van der Waals surface area contributed by atoms with E-state index in [1.165, 1.54) is 0 Å². The molecule has 6 nitrogen and oxygen atoms in total. The number of hydrogen-bond donors (Lipinski definition) is 0. The van der Waals surface area contributed by atoms with Crippen molar-refractivity contribution >= 4 is 35.4 Å². The third kappa shape index (κ3) is 3.87. The molecule has 7 heteroatoms. The van der Waals surface area contributed by atoms with Crippen LogP contribution in [0.25, 0.3) is 0 Å². The number of rotatable bonds is 5. The smallest absolute Gasteiger partial charge is 0.255 e. The molecule has 154 valence electrons. The van der Waals surface area contributed by atoms with Crippen LogP contribution in [0, 0.1) is 0 Å². The minimum Gasteiger partial charge on any atom is -0.489 e. The molecule has 1 heterocycles. The van der Waals surface area contributed by atoms with Crippen molar-refractivity contribution in [3.05, 3.63) is 63.7 Å². The monoisotopic (exact) mass is 425 g/mol. The second-order valence-electron chi connectivity index (χ2n) is 7.57. The molecule has 1 fully saturated rings. The molecule has 2 aromatic carbocycles. The summed E-state index contributed by atoms with van der Waals surface area (Å²) < 4.78 is 5.95. The molecular weight excluding hydrogens is 406 g/mol. The predicted molar refractivity (Wildman–Crippen MR) is 110 cm³/mol. The Labute approximate surface area is 178 Å². The number of nitrogens with zero attached hydrogens (tertiary/aromatic N) is 1. The first kappa shape index (κ1) is 20.3. The van der Waals surface area contributed by atoms with Gasteiger partial charge in [0.25, 0.3) is 5.91 Å². The van der Waals surface area contributed by atoms with E-state index in [1.54, 1.807) is 41.3 Å². The highest BCUT2D eigenvalue weighted by molar-refractivity contribution is 6.33. The van der Waals surface area contributed by atoms with Crippen molar-refractivity contribution in [1.29, 1.82) is 0 Å². The number of ether oxygens (including phenoxy) is 1. The van der Waals surface area contributed by atoms with Gasteiger partial charge in [0.15, 0.2) is 12.1 Å². The van der Waals surface area contributed by atoms with E-state index in [0.29, 0.717) is 47.4 Å². The van der Waals surface area contributed by atoms with Crippen molar-refractivity contribution in [1.82, 2.24) is 4.90 Å². The van der Waals surface area contributed by atoms with Crippen molar-refractivity contribution in [2.75, 3.05) is 0 Å². The van der Waals surface area contributed by atoms with Crippen molar-refractivity contribution in [3.8, 4) is 5.75 Å². The summed E-state index contributed by atoms with van der Waals surface area (Å²) in [7, 11) is 0. The van der Waals surface area contributed by atoms with Gasteiger partial charge in [-0.2, -0.15) is 0 Å². The molecule has 2 aromatic rings. The Morgan fingerprint density at radius 3 is 2.77 bits per heavy atom. The fraction of sp³-hybridized carbons (Fsp3) is 0.304. The maximum Gasteiger partial charge on any atom is 0.255 e. The highest BCUT2D eigenvalue weighted by Crippen LogP contribution is 2.34. The summed E-state index contributed by atoms with van der Waals surface area (Å²) in [5, 5.41) is 0.354. The molecule has 1 aliphatic heterocycles. The third-order valence-electron chi connectivity index (χ3n) is 5.59. The first-order valence-electron chi connectivity index (χ1n) is 9.81. The van der Waals surface area contributed by atoms with E-state index in [9.17, 15) is 19.2 Å². The van der Waals surface area contributed by atoms with Crippen LogP contribution in [-0.4, -0.2) is 34.7 Å². The molecule has 0 bridgehead atoms. The zero-order valence-electron chi connectivity index (χ0n) is 16.2. The fourth-order valence-electron chi connectivity index (χ4n) is 4.01. The topological polar surface area (TPSA) is 80.8 Å². The first-order valence-corrected chi connectivity index (χ1v) is 10.2. The second kappa shape index (κ2) is 8.40. The normalized spacial score (nSPS) is 18.9. The van der Waals surface area contributed by atoms with E-state index < -0.39 is 6.04 Å². The highest BCUT2D eigenvalue weighted by Gasteiger charge is 2.38. The molecule has 2 aliphatic rings. The van der Waals surface area contributed by atoms with Crippen molar-refractivity contribution in [2.24, 2.45) is 0 Å². The summed E-state index contributed by atoms with van der Waals surface area (Å²) in [6, 6.07) is 9.76. The lowest BCUT2D eigenvalue weighted by Gasteiger charge is -2.25. The minimum atomic E-state index is -0.570. The lowest BCUT2D eigenvalue weighted by molar-refractivity contribution is -0.128. The molecule has 1 saturated carbocycles. The number of carbonyl (C=O) groups is 4. The highest BCUT2D eigenvalue weighted by atomic mass is 35.5. The number of Topliss-reactive ketones (excluding diaryl/α,β-unsaturated/α-hetero) is 2. The van der Waals surface area contributed by atoms with Gasteiger partial charge in [-0.1, -0.05) is 23.7 Å². The maximum absolute atomic E-state index is 13.0. The number of fused-ring (bicyclic) bond motifs is 1. The van der Waals surface area contributed by atoms with Crippen LogP contribution in [0.1, 0.15) is 57.5 Å².